The largest absolute Gasteiger partial charge is 0.494 e. The van der Waals surface area contributed by atoms with Gasteiger partial charge >= 0.3 is 0 Å². The molecule has 2 heteroatoms. The Morgan fingerprint density at radius 2 is 1.00 bits per heavy atom. The van der Waals surface area contributed by atoms with Crippen LogP contribution in [0.4, 0.5) is 0 Å². The van der Waals surface area contributed by atoms with Crippen molar-refractivity contribution in [2.45, 2.75) is 85.0 Å². The highest BCUT2D eigenvalue weighted by Crippen LogP contribution is 2.19. The molecule has 206 valence electrons. The number of carbonyl (C=O) groups excluding carboxylic acids is 1. The van der Waals surface area contributed by atoms with Crippen LogP contribution in [-0.2, 0) is 0 Å². The van der Waals surface area contributed by atoms with Crippen LogP contribution >= 0.6 is 0 Å². The third-order valence-corrected chi connectivity index (χ3v) is 6.96. The molecule has 3 aromatic rings. The maximum absolute atomic E-state index is 11.5. The van der Waals surface area contributed by atoms with Crippen molar-refractivity contribution < 1.29 is 9.53 Å². The van der Waals surface area contributed by atoms with E-state index in [0.717, 1.165) is 47.3 Å². The summed E-state index contributed by atoms with van der Waals surface area (Å²) >= 11 is 0. The zero-order valence-corrected chi connectivity index (χ0v) is 24.3. The minimum Gasteiger partial charge on any atom is -0.494 e. The summed E-state index contributed by atoms with van der Waals surface area (Å²) in [6.45, 7) is 7.27. The van der Waals surface area contributed by atoms with Crippen molar-refractivity contribution in [1.29, 1.82) is 0 Å². The first-order valence-electron chi connectivity index (χ1n) is 14.8. The van der Waals surface area contributed by atoms with Gasteiger partial charge in [0.05, 0.1) is 6.61 Å². The SMILES string of the molecule is CCCCCCCCCCCCOc1ccc(/C=C/c2cc(C=O)cc(/C=C/c3cc(C)cc(C)c3)c2)cc1. The van der Waals surface area contributed by atoms with Crippen LogP contribution in [0.2, 0.25) is 0 Å². The molecular formula is C37H46O2. The fraction of sp³-hybridized carbons (Fsp3) is 0.378. The zero-order chi connectivity index (χ0) is 27.7. The smallest absolute Gasteiger partial charge is 0.150 e. The van der Waals surface area contributed by atoms with E-state index in [0.29, 0.717) is 5.56 Å². The highest BCUT2D eigenvalue weighted by Gasteiger charge is 2.00. The lowest BCUT2D eigenvalue weighted by molar-refractivity contribution is 0.112. The number of rotatable bonds is 17. The molecule has 0 aliphatic rings. The first-order chi connectivity index (χ1) is 19.1. The van der Waals surface area contributed by atoms with E-state index in [9.17, 15) is 4.79 Å². The summed E-state index contributed by atoms with van der Waals surface area (Å²) < 4.78 is 5.95. The van der Waals surface area contributed by atoms with E-state index < -0.39 is 0 Å². The quantitative estimate of drug-likeness (QED) is 0.100. The van der Waals surface area contributed by atoms with Crippen LogP contribution < -0.4 is 4.74 Å². The molecule has 2 nitrogen and oxygen atoms in total. The average molecular weight is 523 g/mol. The van der Waals surface area contributed by atoms with E-state index in [1.807, 2.05) is 24.3 Å². The molecule has 0 unspecified atom stereocenters. The molecule has 0 aromatic heterocycles. The van der Waals surface area contributed by atoms with Crippen LogP contribution in [0.3, 0.4) is 0 Å². The number of aryl methyl sites for hydroxylation is 2. The third kappa shape index (κ3) is 11.9. The van der Waals surface area contributed by atoms with E-state index in [-0.39, 0.29) is 0 Å². The zero-order valence-electron chi connectivity index (χ0n) is 24.3. The molecule has 0 spiro atoms. The van der Waals surface area contributed by atoms with Crippen molar-refractivity contribution in [3.63, 3.8) is 0 Å². The first kappa shape index (κ1) is 30.2. The van der Waals surface area contributed by atoms with Gasteiger partial charge in [0.2, 0.25) is 0 Å². The van der Waals surface area contributed by atoms with E-state index in [4.69, 9.17) is 4.74 Å². The molecule has 0 saturated carbocycles. The first-order valence-corrected chi connectivity index (χ1v) is 14.8. The number of hydrogen-bond donors (Lipinski definition) is 0. The third-order valence-electron chi connectivity index (χ3n) is 6.96. The Kier molecular flexibility index (Phi) is 13.3. The Morgan fingerprint density at radius 1 is 0.538 bits per heavy atom. The molecule has 0 atom stereocenters. The highest BCUT2D eigenvalue weighted by atomic mass is 16.5. The number of ether oxygens (including phenoxy) is 1. The van der Waals surface area contributed by atoms with Gasteiger partial charge in [-0.3, -0.25) is 4.79 Å². The second kappa shape index (κ2) is 17.2. The van der Waals surface area contributed by atoms with Crippen LogP contribution in [0.25, 0.3) is 24.3 Å². The fourth-order valence-electron chi connectivity index (χ4n) is 4.91. The van der Waals surface area contributed by atoms with E-state index >= 15 is 0 Å². The lowest BCUT2D eigenvalue weighted by Crippen LogP contribution is -1.97. The van der Waals surface area contributed by atoms with Crippen molar-refractivity contribution in [1.82, 2.24) is 0 Å². The van der Waals surface area contributed by atoms with Crippen LogP contribution in [0.1, 0.15) is 115 Å². The molecule has 0 saturated heterocycles. The van der Waals surface area contributed by atoms with Gasteiger partial charge in [0.25, 0.3) is 0 Å². The number of unbranched alkanes of at least 4 members (excludes halogenated alkanes) is 9. The minimum absolute atomic E-state index is 0.674. The van der Waals surface area contributed by atoms with Crippen molar-refractivity contribution >= 4 is 30.6 Å². The number of carbonyl (C=O) groups is 1. The standard InChI is InChI=1S/C37H46O2/c1-4-5-6-7-8-9-10-11-12-13-22-39-37-20-18-32(19-21-37)14-15-34-26-35(28-36(27-34)29-38)17-16-33-24-30(2)23-31(3)25-33/h14-21,23-29H,4-13,22H2,1-3H3/b15-14+,17-16+. The van der Waals surface area contributed by atoms with Crippen molar-refractivity contribution in [3.8, 4) is 5.75 Å². The maximum Gasteiger partial charge on any atom is 0.150 e. The van der Waals surface area contributed by atoms with Gasteiger partial charge < -0.3 is 4.74 Å². The molecular weight excluding hydrogens is 476 g/mol. The molecule has 0 aliphatic heterocycles. The fourth-order valence-corrected chi connectivity index (χ4v) is 4.91. The number of aldehydes is 1. The van der Waals surface area contributed by atoms with Gasteiger partial charge in [-0.05, 0) is 72.9 Å². The normalized spacial score (nSPS) is 11.5. The average Bonchev–Trinajstić information content (AvgIpc) is 2.93. The molecule has 0 radical (unpaired) electrons. The Morgan fingerprint density at radius 3 is 1.54 bits per heavy atom. The number of benzene rings is 3. The summed E-state index contributed by atoms with van der Waals surface area (Å²) in [6.07, 6.45) is 22.5. The molecule has 3 rings (SSSR count). The van der Waals surface area contributed by atoms with Crippen LogP contribution in [0, 0.1) is 13.8 Å². The summed E-state index contributed by atoms with van der Waals surface area (Å²) in [7, 11) is 0. The Hall–Kier alpha value is -3.39. The monoisotopic (exact) mass is 522 g/mol. The summed E-state index contributed by atoms with van der Waals surface area (Å²) in [5.74, 6) is 0.921. The molecule has 3 aromatic carbocycles. The van der Waals surface area contributed by atoms with E-state index in [2.05, 4.69) is 81.5 Å². The van der Waals surface area contributed by atoms with E-state index in [1.165, 1.54) is 68.9 Å². The van der Waals surface area contributed by atoms with Gasteiger partial charge in [-0.15, -0.1) is 0 Å². The number of hydrogen-bond acceptors (Lipinski definition) is 2. The lowest BCUT2D eigenvalue weighted by Gasteiger charge is -2.07. The minimum atomic E-state index is 0.674. The molecule has 39 heavy (non-hydrogen) atoms. The lowest BCUT2D eigenvalue weighted by atomic mass is 10.0. The van der Waals surface area contributed by atoms with Crippen LogP contribution in [-0.4, -0.2) is 12.9 Å². The van der Waals surface area contributed by atoms with E-state index in [1.54, 1.807) is 0 Å². The molecule has 0 fully saturated rings. The Bertz CT molecular complexity index is 1180. The van der Waals surface area contributed by atoms with Crippen molar-refractivity contribution in [2.75, 3.05) is 6.61 Å². The topological polar surface area (TPSA) is 26.3 Å². The summed E-state index contributed by atoms with van der Waals surface area (Å²) in [4.78, 5) is 11.5. The van der Waals surface area contributed by atoms with Gasteiger partial charge in [-0.1, -0.05) is 130 Å². The van der Waals surface area contributed by atoms with Crippen molar-refractivity contribution in [2.24, 2.45) is 0 Å². The second-order valence-electron chi connectivity index (χ2n) is 10.7. The predicted octanol–water partition coefficient (Wildman–Crippen LogP) is 10.8. The summed E-state index contributed by atoms with van der Waals surface area (Å²) in [5.41, 5.74) is 7.44. The summed E-state index contributed by atoms with van der Waals surface area (Å²) in [5, 5.41) is 0. The molecule has 0 bridgehead atoms. The maximum atomic E-state index is 11.5. The van der Waals surface area contributed by atoms with Gasteiger partial charge in [0.15, 0.2) is 0 Å². The van der Waals surface area contributed by atoms with Gasteiger partial charge in [0.1, 0.15) is 12.0 Å². The molecule has 0 amide bonds. The van der Waals surface area contributed by atoms with Gasteiger partial charge in [-0.25, -0.2) is 0 Å². The molecule has 0 aliphatic carbocycles. The summed E-state index contributed by atoms with van der Waals surface area (Å²) in [6, 6.07) is 20.7. The second-order valence-corrected chi connectivity index (χ2v) is 10.7. The van der Waals surface area contributed by atoms with Crippen LogP contribution in [0.5, 0.6) is 5.75 Å². The predicted molar refractivity (Wildman–Crippen MR) is 169 cm³/mol. The van der Waals surface area contributed by atoms with Crippen LogP contribution in [0.15, 0.2) is 60.7 Å². The van der Waals surface area contributed by atoms with Crippen molar-refractivity contribution in [3.05, 3.63) is 99.6 Å². The molecule has 0 heterocycles. The molecule has 0 N–H and O–H groups in total. The Balaban J connectivity index is 1.45. The van der Waals surface area contributed by atoms with Gasteiger partial charge in [0, 0.05) is 5.56 Å². The Labute approximate surface area is 236 Å². The van der Waals surface area contributed by atoms with Gasteiger partial charge in [-0.2, -0.15) is 0 Å². The highest BCUT2D eigenvalue weighted by molar-refractivity contribution is 5.82.